The molecule has 1 N–H and O–H groups in total. The van der Waals surface area contributed by atoms with Crippen molar-refractivity contribution < 1.29 is 13.2 Å². The number of halogens is 3. The van der Waals surface area contributed by atoms with Gasteiger partial charge in [0, 0.05) is 15.2 Å². The van der Waals surface area contributed by atoms with Crippen molar-refractivity contribution in [3.63, 3.8) is 0 Å². The van der Waals surface area contributed by atoms with Crippen LogP contribution in [-0.2, 0) is 10.0 Å². The lowest BCUT2D eigenvalue weighted by atomic mass is 10.3. The van der Waals surface area contributed by atoms with Crippen molar-refractivity contribution >= 4 is 59.2 Å². The molecule has 2 rings (SSSR count). The molecule has 0 bridgehead atoms. The minimum atomic E-state index is -3.82. The maximum atomic E-state index is 12.5. The minimum absolute atomic E-state index is 0.0349. The Bertz CT molecular complexity index is 764. The number of methoxy groups -OCH3 is 1. The Kier molecular flexibility index (Phi) is 5.19. The summed E-state index contributed by atoms with van der Waals surface area (Å²) in [5, 5.41) is 0.291. The van der Waals surface area contributed by atoms with E-state index in [0.29, 0.717) is 15.2 Å². The lowest BCUT2D eigenvalue weighted by Crippen LogP contribution is -2.14. The summed E-state index contributed by atoms with van der Waals surface area (Å²) in [5.41, 5.74) is 0.441. The molecule has 0 aromatic heterocycles. The summed E-state index contributed by atoms with van der Waals surface area (Å²) < 4.78 is 33.9. The fourth-order valence-corrected chi connectivity index (χ4v) is 4.37. The van der Waals surface area contributed by atoms with E-state index in [1.807, 2.05) is 0 Å². The maximum Gasteiger partial charge on any atom is 0.265 e. The van der Waals surface area contributed by atoms with Gasteiger partial charge < -0.3 is 4.74 Å². The number of ether oxygens (including phenoxy) is 1. The van der Waals surface area contributed by atoms with Gasteiger partial charge in [0.15, 0.2) is 5.75 Å². The van der Waals surface area contributed by atoms with Crippen LogP contribution in [0.1, 0.15) is 0 Å². The lowest BCUT2D eigenvalue weighted by molar-refractivity contribution is 0.400. The highest BCUT2D eigenvalue weighted by molar-refractivity contribution is 9.10. The van der Waals surface area contributed by atoms with Crippen molar-refractivity contribution in [3.8, 4) is 5.75 Å². The first-order chi connectivity index (χ1) is 9.83. The molecule has 0 spiro atoms. The zero-order chi connectivity index (χ0) is 15.6. The van der Waals surface area contributed by atoms with Crippen LogP contribution in [0.4, 0.5) is 5.69 Å². The maximum absolute atomic E-state index is 12.5. The average molecular weight is 456 g/mol. The van der Waals surface area contributed by atoms with E-state index >= 15 is 0 Å². The summed E-state index contributed by atoms with van der Waals surface area (Å²) in [6.45, 7) is 0. The quantitative estimate of drug-likeness (QED) is 0.729. The number of rotatable bonds is 4. The van der Waals surface area contributed by atoms with Gasteiger partial charge in [-0.15, -0.1) is 0 Å². The molecule has 8 heteroatoms. The van der Waals surface area contributed by atoms with Crippen LogP contribution in [0.25, 0.3) is 0 Å². The van der Waals surface area contributed by atoms with Gasteiger partial charge in [0.25, 0.3) is 10.0 Å². The first-order valence-electron chi connectivity index (χ1n) is 5.65. The van der Waals surface area contributed by atoms with Crippen LogP contribution in [0.3, 0.4) is 0 Å². The van der Waals surface area contributed by atoms with E-state index in [4.69, 9.17) is 16.3 Å². The average Bonchev–Trinajstić information content (AvgIpc) is 2.40. The van der Waals surface area contributed by atoms with Gasteiger partial charge in [0.05, 0.1) is 11.6 Å². The van der Waals surface area contributed by atoms with Crippen LogP contribution in [-0.4, -0.2) is 15.5 Å². The van der Waals surface area contributed by atoms with E-state index < -0.39 is 10.0 Å². The Labute approximate surface area is 144 Å². The molecule has 0 aliphatic rings. The van der Waals surface area contributed by atoms with Crippen molar-refractivity contribution in [2.45, 2.75) is 4.90 Å². The van der Waals surface area contributed by atoms with Crippen molar-refractivity contribution in [1.82, 2.24) is 0 Å². The highest BCUT2D eigenvalue weighted by atomic mass is 79.9. The molecule has 0 saturated heterocycles. The molecule has 0 fully saturated rings. The Morgan fingerprint density at radius 1 is 1.14 bits per heavy atom. The molecular weight excluding hydrogens is 445 g/mol. The van der Waals surface area contributed by atoms with Gasteiger partial charge in [-0.25, -0.2) is 8.42 Å². The molecule has 112 valence electrons. The molecular formula is C13H10Br2ClNO3S. The highest BCUT2D eigenvalue weighted by Gasteiger charge is 2.22. The van der Waals surface area contributed by atoms with E-state index in [1.165, 1.54) is 13.2 Å². The highest BCUT2D eigenvalue weighted by Crippen LogP contribution is 2.36. The van der Waals surface area contributed by atoms with Crippen LogP contribution < -0.4 is 9.46 Å². The van der Waals surface area contributed by atoms with Crippen LogP contribution in [0, 0.1) is 0 Å². The van der Waals surface area contributed by atoms with Gasteiger partial charge in [-0.2, -0.15) is 0 Å². The van der Waals surface area contributed by atoms with Gasteiger partial charge in [0.2, 0.25) is 0 Å². The van der Waals surface area contributed by atoms with Crippen molar-refractivity contribution in [2.24, 2.45) is 0 Å². The summed E-state index contributed by atoms with van der Waals surface area (Å²) in [5.74, 6) is 0.198. The standard InChI is InChI=1S/C13H10Br2ClNO3S/c1-20-13-11(15)6-9(16)7-12(13)21(18,19)17-10-4-2-8(14)3-5-10/h2-7,17H,1H3. The second kappa shape index (κ2) is 6.56. The van der Waals surface area contributed by atoms with Crippen LogP contribution in [0.2, 0.25) is 5.02 Å². The molecule has 2 aromatic rings. The zero-order valence-corrected chi connectivity index (χ0v) is 15.5. The summed E-state index contributed by atoms with van der Waals surface area (Å²) >= 11 is 12.5. The molecule has 0 radical (unpaired) electrons. The molecule has 0 aliphatic carbocycles. The van der Waals surface area contributed by atoms with Crippen molar-refractivity contribution in [3.05, 3.63) is 50.4 Å². The van der Waals surface area contributed by atoms with Gasteiger partial charge in [-0.05, 0) is 52.3 Å². The molecule has 21 heavy (non-hydrogen) atoms. The van der Waals surface area contributed by atoms with Gasteiger partial charge in [-0.1, -0.05) is 27.5 Å². The van der Waals surface area contributed by atoms with E-state index in [0.717, 1.165) is 4.47 Å². The molecule has 0 aliphatic heterocycles. The third kappa shape index (κ3) is 3.91. The van der Waals surface area contributed by atoms with Crippen molar-refractivity contribution in [2.75, 3.05) is 11.8 Å². The first kappa shape index (κ1) is 16.6. The Hall–Kier alpha value is -0.760. The normalized spacial score (nSPS) is 11.2. The van der Waals surface area contributed by atoms with E-state index in [9.17, 15) is 8.42 Å². The van der Waals surface area contributed by atoms with E-state index in [1.54, 1.807) is 30.3 Å². The molecule has 0 atom stereocenters. The van der Waals surface area contributed by atoms with Gasteiger partial charge in [-0.3, -0.25) is 4.72 Å². The largest absolute Gasteiger partial charge is 0.494 e. The summed E-state index contributed by atoms with van der Waals surface area (Å²) in [7, 11) is -2.42. The number of benzene rings is 2. The molecule has 2 aromatic carbocycles. The second-order valence-electron chi connectivity index (χ2n) is 4.03. The number of hydrogen-bond acceptors (Lipinski definition) is 3. The van der Waals surface area contributed by atoms with Crippen LogP contribution >= 0.6 is 43.5 Å². The summed E-state index contributed by atoms with van der Waals surface area (Å²) in [6.07, 6.45) is 0. The third-order valence-corrected chi connectivity index (χ3v) is 5.29. The SMILES string of the molecule is COc1c(Br)cc(Cl)cc1S(=O)(=O)Nc1ccc(Br)cc1. The Morgan fingerprint density at radius 2 is 1.76 bits per heavy atom. The summed E-state index contributed by atoms with van der Waals surface area (Å²) in [6, 6.07) is 9.68. The monoisotopic (exact) mass is 453 g/mol. The third-order valence-electron chi connectivity index (χ3n) is 2.56. The number of anilines is 1. The number of hydrogen-bond donors (Lipinski definition) is 1. The van der Waals surface area contributed by atoms with Gasteiger partial charge in [0.1, 0.15) is 4.90 Å². The lowest BCUT2D eigenvalue weighted by Gasteiger charge is -2.13. The zero-order valence-electron chi connectivity index (χ0n) is 10.7. The van der Waals surface area contributed by atoms with Gasteiger partial charge >= 0.3 is 0 Å². The van der Waals surface area contributed by atoms with Crippen LogP contribution in [0.15, 0.2) is 50.2 Å². The Morgan fingerprint density at radius 3 is 2.33 bits per heavy atom. The smallest absolute Gasteiger partial charge is 0.265 e. The molecule has 0 saturated carbocycles. The number of nitrogens with one attached hydrogen (secondary N) is 1. The predicted octanol–water partition coefficient (Wildman–Crippen LogP) is 4.67. The second-order valence-corrected chi connectivity index (χ2v) is 7.89. The summed E-state index contributed by atoms with van der Waals surface area (Å²) in [4.78, 5) is -0.0349. The first-order valence-corrected chi connectivity index (χ1v) is 9.09. The fraction of sp³-hybridized carbons (Fsp3) is 0.0769. The molecule has 4 nitrogen and oxygen atoms in total. The minimum Gasteiger partial charge on any atom is -0.494 e. The van der Waals surface area contributed by atoms with Crippen LogP contribution in [0.5, 0.6) is 5.75 Å². The van der Waals surface area contributed by atoms with E-state index in [-0.39, 0.29) is 10.6 Å². The predicted molar refractivity (Wildman–Crippen MR) is 90.7 cm³/mol. The Balaban J connectivity index is 2.46. The topological polar surface area (TPSA) is 55.4 Å². The molecule has 0 amide bonds. The van der Waals surface area contributed by atoms with Crippen molar-refractivity contribution in [1.29, 1.82) is 0 Å². The van der Waals surface area contributed by atoms with E-state index in [2.05, 4.69) is 36.6 Å². The molecule has 0 unspecified atom stereocenters. The fourth-order valence-electron chi connectivity index (χ4n) is 1.66. The number of sulfonamides is 1. The molecule has 0 heterocycles.